The van der Waals surface area contributed by atoms with Gasteiger partial charge in [0.05, 0.1) is 9.82 Å². The lowest BCUT2D eigenvalue weighted by atomic mass is 10.1. The van der Waals surface area contributed by atoms with Crippen molar-refractivity contribution in [1.29, 1.82) is 0 Å². The van der Waals surface area contributed by atoms with Gasteiger partial charge in [0, 0.05) is 36.5 Å². The smallest absolute Gasteiger partial charge is 0.328 e. The fourth-order valence-corrected chi connectivity index (χ4v) is 5.45. The predicted molar refractivity (Wildman–Crippen MR) is 143 cm³/mol. The normalized spacial score (nSPS) is 11.5. The number of amides is 2. The third-order valence-corrected chi connectivity index (χ3v) is 7.59. The Labute approximate surface area is 220 Å². The number of fused-ring (bicyclic) bond motifs is 1. The lowest BCUT2D eigenvalue weighted by molar-refractivity contribution is -0.385. The van der Waals surface area contributed by atoms with Crippen LogP contribution in [0.15, 0.2) is 53.4 Å². The van der Waals surface area contributed by atoms with Crippen molar-refractivity contribution in [2.45, 2.75) is 45.4 Å². The van der Waals surface area contributed by atoms with Crippen LogP contribution in [0.25, 0.3) is 16.9 Å². The van der Waals surface area contributed by atoms with Crippen LogP contribution in [0.5, 0.6) is 0 Å². The number of aryl methyl sites for hydroxylation is 4. The minimum atomic E-state index is -4.28. The van der Waals surface area contributed by atoms with Gasteiger partial charge in [0.25, 0.3) is 15.7 Å². The van der Waals surface area contributed by atoms with Gasteiger partial charge < -0.3 is 5.32 Å². The van der Waals surface area contributed by atoms with E-state index in [0.29, 0.717) is 6.42 Å². The topological polar surface area (TPSA) is 149 Å². The van der Waals surface area contributed by atoms with Crippen LogP contribution in [-0.2, 0) is 22.9 Å². The van der Waals surface area contributed by atoms with Crippen LogP contribution in [0.3, 0.4) is 0 Å². The molecule has 2 aromatic carbocycles. The van der Waals surface area contributed by atoms with Crippen molar-refractivity contribution in [1.82, 2.24) is 24.6 Å². The van der Waals surface area contributed by atoms with Gasteiger partial charge in [-0.15, -0.1) is 0 Å². The number of pyridine rings is 1. The van der Waals surface area contributed by atoms with Crippen LogP contribution in [0.1, 0.15) is 35.1 Å². The lowest BCUT2D eigenvalue weighted by Crippen LogP contribution is -2.40. The highest BCUT2D eigenvalue weighted by Crippen LogP contribution is 2.24. The number of benzene rings is 2. The van der Waals surface area contributed by atoms with E-state index in [-0.39, 0.29) is 22.7 Å². The Hall–Kier alpha value is -4.32. The first-order chi connectivity index (χ1) is 18.0. The number of nitrogens with zero attached hydrogens (tertiary/aromatic N) is 4. The van der Waals surface area contributed by atoms with E-state index < -0.39 is 21.0 Å². The van der Waals surface area contributed by atoms with Crippen LogP contribution in [0.4, 0.5) is 10.5 Å². The van der Waals surface area contributed by atoms with Gasteiger partial charge in [0.15, 0.2) is 5.65 Å². The SMILES string of the molecule is CCc1nc2c(C)cc(C)nc2n1-c1ccc(CCNC(=O)NS(=O)(=O)c2cc([N+](=O)[O-])ccc2C)cc1. The summed E-state index contributed by atoms with van der Waals surface area (Å²) in [6.07, 6.45) is 1.21. The van der Waals surface area contributed by atoms with Crippen LogP contribution in [0, 0.1) is 30.9 Å². The number of nitrogens with one attached hydrogen (secondary N) is 2. The maximum atomic E-state index is 12.6. The van der Waals surface area contributed by atoms with Crippen molar-refractivity contribution >= 4 is 32.9 Å². The summed E-state index contributed by atoms with van der Waals surface area (Å²) in [6, 6.07) is 12.4. The molecule has 4 rings (SSSR count). The summed E-state index contributed by atoms with van der Waals surface area (Å²) in [6.45, 7) is 7.70. The van der Waals surface area contributed by atoms with E-state index in [1.54, 1.807) is 0 Å². The Bertz CT molecular complexity index is 1650. The van der Waals surface area contributed by atoms with Gasteiger partial charge in [-0.3, -0.25) is 14.7 Å². The molecule has 0 aliphatic carbocycles. The summed E-state index contributed by atoms with van der Waals surface area (Å²) in [4.78, 5) is 31.7. The van der Waals surface area contributed by atoms with E-state index in [4.69, 9.17) is 9.97 Å². The van der Waals surface area contributed by atoms with Gasteiger partial charge in [0.2, 0.25) is 0 Å². The molecule has 4 aromatic rings. The van der Waals surface area contributed by atoms with Crippen LogP contribution in [0.2, 0.25) is 0 Å². The van der Waals surface area contributed by atoms with E-state index in [0.717, 1.165) is 52.0 Å². The van der Waals surface area contributed by atoms with Gasteiger partial charge in [-0.05, 0) is 62.1 Å². The third kappa shape index (κ3) is 5.49. The first kappa shape index (κ1) is 26.7. The van der Waals surface area contributed by atoms with Gasteiger partial charge >= 0.3 is 6.03 Å². The zero-order valence-electron chi connectivity index (χ0n) is 21.5. The zero-order chi connectivity index (χ0) is 27.6. The number of carbonyl (C=O) groups is 1. The van der Waals surface area contributed by atoms with Crippen LogP contribution in [-0.4, -0.2) is 40.5 Å². The molecule has 0 aliphatic heterocycles. The quantitative estimate of drug-likeness (QED) is 0.255. The number of non-ortho nitro benzene ring substituents is 1. The van der Waals surface area contributed by atoms with Gasteiger partial charge in [-0.1, -0.05) is 25.1 Å². The molecule has 0 spiro atoms. The number of hydrogen-bond acceptors (Lipinski definition) is 7. The number of hydrogen-bond donors (Lipinski definition) is 2. The van der Waals surface area contributed by atoms with Crippen LogP contribution >= 0.6 is 0 Å². The molecule has 12 heteroatoms. The van der Waals surface area contributed by atoms with Gasteiger partial charge in [-0.2, -0.15) is 0 Å². The van der Waals surface area contributed by atoms with E-state index in [1.165, 1.54) is 19.1 Å². The summed E-state index contributed by atoms with van der Waals surface area (Å²) >= 11 is 0. The maximum absolute atomic E-state index is 12.6. The monoisotopic (exact) mass is 536 g/mol. The number of nitro benzene ring substituents is 1. The number of aromatic nitrogens is 3. The van der Waals surface area contributed by atoms with Gasteiger partial charge in [-0.25, -0.2) is 27.9 Å². The summed E-state index contributed by atoms with van der Waals surface area (Å²) in [5.74, 6) is 0.910. The summed E-state index contributed by atoms with van der Waals surface area (Å²) in [7, 11) is -4.28. The maximum Gasteiger partial charge on any atom is 0.328 e. The number of carbonyl (C=O) groups excluding carboxylic acids is 1. The Morgan fingerprint density at radius 1 is 1.03 bits per heavy atom. The first-order valence-electron chi connectivity index (χ1n) is 12.0. The summed E-state index contributed by atoms with van der Waals surface area (Å²) < 4.78 is 29.2. The minimum absolute atomic E-state index is 0.183. The van der Waals surface area contributed by atoms with Crippen molar-refractivity contribution in [2.75, 3.05) is 6.54 Å². The predicted octanol–water partition coefficient (Wildman–Crippen LogP) is 4.05. The van der Waals surface area contributed by atoms with Crippen molar-refractivity contribution in [3.05, 3.63) is 86.9 Å². The molecule has 2 aromatic heterocycles. The summed E-state index contributed by atoms with van der Waals surface area (Å²) in [5.41, 5.74) is 5.45. The molecular formula is C26H28N6O5S. The molecule has 0 saturated carbocycles. The fourth-order valence-electron chi connectivity index (χ4n) is 4.25. The molecule has 0 saturated heterocycles. The minimum Gasteiger partial charge on any atom is -0.337 e. The van der Waals surface area contributed by atoms with Crippen molar-refractivity contribution in [3.63, 3.8) is 0 Å². The molecule has 2 amide bonds. The van der Waals surface area contributed by atoms with Crippen molar-refractivity contribution in [3.8, 4) is 5.69 Å². The molecule has 0 aliphatic rings. The fraction of sp³-hybridized carbons (Fsp3) is 0.269. The highest BCUT2D eigenvalue weighted by Gasteiger charge is 2.22. The molecule has 0 radical (unpaired) electrons. The molecular weight excluding hydrogens is 508 g/mol. The molecule has 198 valence electrons. The van der Waals surface area contributed by atoms with E-state index in [1.807, 2.05) is 60.4 Å². The molecule has 0 atom stereocenters. The van der Waals surface area contributed by atoms with E-state index in [2.05, 4.69) is 5.32 Å². The average Bonchev–Trinajstić information content (AvgIpc) is 3.23. The molecule has 38 heavy (non-hydrogen) atoms. The number of sulfonamides is 1. The van der Waals surface area contributed by atoms with E-state index >= 15 is 0 Å². The average molecular weight is 537 g/mol. The van der Waals surface area contributed by atoms with Crippen molar-refractivity contribution in [2.24, 2.45) is 0 Å². The van der Waals surface area contributed by atoms with E-state index in [9.17, 15) is 23.3 Å². The molecule has 0 unspecified atom stereocenters. The lowest BCUT2D eigenvalue weighted by Gasteiger charge is -2.11. The second kappa shape index (κ2) is 10.6. The number of nitro groups is 1. The van der Waals surface area contributed by atoms with Gasteiger partial charge in [0.1, 0.15) is 11.3 Å². The second-order valence-electron chi connectivity index (χ2n) is 8.95. The Morgan fingerprint density at radius 2 is 1.74 bits per heavy atom. The largest absolute Gasteiger partial charge is 0.337 e. The molecule has 2 heterocycles. The molecule has 0 bridgehead atoms. The third-order valence-electron chi connectivity index (χ3n) is 6.11. The van der Waals surface area contributed by atoms with Crippen molar-refractivity contribution < 1.29 is 18.1 Å². The Morgan fingerprint density at radius 3 is 2.39 bits per heavy atom. The zero-order valence-corrected chi connectivity index (χ0v) is 22.3. The van der Waals surface area contributed by atoms with Crippen LogP contribution < -0.4 is 10.0 Å². The molecule has 2 N–H and O–H groups in total. The molecule has 11 nitrogen and oxygen atoms in total. The number of urea groups is 1. The number of imidazole rings is 1. The second-order valence-corrected chi connectivity index (χ2v) is 10.6. The number of rotatable bonds is 8. The highest BCUT2D eigenvalue weighted by atomic mass is 32.2. The Balaban J connectivity index is 1.42. The molecule has 0 fully saturated rings. The summed E-state index contributed by atoms with van der Waals surface area (Å²) in [5, 5.41) is 13.5. The first-order valence-corrected chi connectivity index (χ1v) is 13.5. The standard InChI is InChI=1S/C26H28N6O5S/c1-5-23-29-24-17(3)14-18(4)28-25(24)31(23)20-10-7-19(8-11-20)12-13-27-26(33)30-38(36,37)22-15-21(32(34)35)9-6-16(22)2/h6-11,14-15H,5,12-13H2,1-4H3,(H2,27,30,33). The highest BCUT2D eigenvalue weighted by molar-refractivity contribution is 7.90. The Kier molecular flexibility index (Phi) is 7.44.